The van der Waals surface area contributed by atoms with Gasteiger partial charge < -0.3 is 9.72 Å². The molecule has 0 aliphatic heterocycles. The van der Waals surface area contributed by atoms with E-state index >= 15 is 0 Å². The molecule has 0 spiro atoms. The van der Waals surface area contributed by atoms with Crippen LogP contribution in [0.15, 0.2) is 48.7 Å². The van der Waals surface area contributed by atoms with Crippen LogP contribution in [0, 0.1) is 6.92 Å². The van der Waals surface area contributed by atoms with E-state index in [0.717, 1.165) is 11.3 Å². The number of ether oxygens (including phenoxy) is 1. The zero-order valence-corrected chi connectivity index (χ0v) is 11.2. The molecule has 1 heterocycles. The van der Waals surface area contributed by atoms with Gasteiger partial charge in [0.2, 0.25) is 0 Å². The summed E-state index contributed by atoms with van der Waals surface area (Å²) in [6.07, 6.45) is 1.97. The second-order valence-corrected chi connectivity index (χ2v) is 4.66. The maximum absolute atomic E-state index is 5.73. The Labute approximate surface area is 113 Å². The van der Waals surface area contributed by atoms with E-state index in [-0.39, 0.29) is 0 Å². The lowest BCUT2D eigenvalue weighted by molar-refractivity contribution is 0.341. The molecule has 1 aromatic heterocycles. The van der Waals surface area contributed by atoms with Crippen LogP contribution in [0.5, 0.6) is 5.75 Å². The Morgan fingerprint density at radius 1 is 1.05 bits per heavy atom. The third-order valence-corrected chi connectivity index (χ3v) is 3.38. The fourth-order valence-electron chi connectivity index (χ4n) is 2.47. The van der Waals surface area contributed by atoms with Crippen molar-refractivity contribution in [1.29, 1.82) is 0 Å². The van der Waals surface area contributed by atoms with Gasteiger partial charge in [0.25, 0.3) is 0 Å². The summed E-state index contributed by atoms with van der Waals surface area (Å²) in [7, 11) is 0. The van der Waals surface area contributed by atoms with Crippen LogP contribution in [-0.2, 0) is 0 Å². The van der Waals surface area contributed by atoms with Gasteiger partial charge in [0.15, 0.2) is 0 Å². The first-order valence-electron chi connectivity index (χ1n) is 6.59. The fourth-order valence-corrected chi connectivity index (χ4v) is 2.47. The van der Waals surface area contributed by atoms with E-state index in [9.17, 15) is 0 Å². The number of aryl methyl sites for hydroxylation is 1. The maximum atomic E-state index is 5.73. The lowest BCUT2D eigenvalue weighted by Crippen LogP contribution is -1.94. The zero-order valence-electron chi connectivity index (χ0n) is 11.2. The van der Waals surface area contributed by atoms with Crippen molar-refractivity contribution in [3.05, 3.63) is 54.2 Å². The highest BCUT2D eigenvalue weighted by molar-refractivity contribution is 5.88. The molecule has 0 saturated carbocycles. The van der Waals surface area contributed by atoms with Crippen LogP contribution in [0.4, 0.5) is 0 Å². The summed E-state index contributed by atoms with van der Waals surface area (Å²) in [4.78, 5) is 3.25. The summed E-state index contributed by atoms with van der Waals surface area (Å²) < 4.78 is 5.73. The molecule has 0 bridgehead atoms. The van der Waals surface area contributed by atoms with Crippen molar-refractivity contribution < 1.29 is 4.74 Å². The number of para-hydroxylation sites is 1. The molecule has 3 aromatic rings. The van der Waals surface area contributed by atoms with Crippen LogP contribution in [0.2, 0.25) is 0 Å². The fraction of sp³-hybridized carbons (Fsp3) is 0.176. The molecular weight excluding hydrogens is 234 g/mol. The van der Waals surface area contributed by atoms with Crippen molar-refractivity contribution >= 4 is 10.9 Å². The molecule has 3 rings (SSSR count). The van der Waals surface area contributed by atoms with Crippen molar-refractivity contribution in [1.82, 2.24) is 4.98 Å². The molecule has 0 saturated heterocycles. The van der Waals surface area contributed by atoms with Crippen molar-refractivity contribution in [2.75, 3.05) is 6.61 Å². The van der Waals surface area contributed by atoms with E-state index in [1.165, 1.54) is 22.0 Å². The molecule has 2 heteroatoms. The first-order valence-corrected chi connectivity index (χ1v) is 6.59. The van der Waals surface area contributed by atoms with Crippen LogP contribution in [0.25, 0.3) is 22.0 Å². The third kappa shape index (κ3) is 2.10. The first-order chi connectivity index (χ1) is 9.29. The van der Waals surface area contributed by atoms with E-state index in [1.807, 2.05) is 25.3 Å². The summed E-state index contributed by atoms with van der Waals surface area (Å²) in [5.41, 5.74) is 4.82. The lowest BCUT2D eigenvalue weighted by atomic mass is 9.98. The summed E-state index contributed by atoms with van der Waals surface area (Å²) in [5.74, 6) is 0.947. The number of hydrogen-bond donors (Lipinski definition) is 1. The van der Waals surface area contributed by atoms with Crippen molar-refractivity contribution in [3.63, 3.8) is 0 Å². The SMILES string of the molecule is CCOc1ccccc1-c1cc2cc[nH]c2cc1C. The summed E-state index contributed by atoms with van der Waals surface area (Å²) in [5, 5.41) is 1.23. The molecule has 0 amide bonds. The molecule has 2 aromatic carbocycles. The number of fused-ring (bicyclic) bond motifs is 1. The van der Waals surface area contributed by atoms with Gasteiger partial charge in [-0.3, -0.25) is 0 Å². The highest BCUT2D eigenvalue weighted by Gasteiger charge is 2.09. The van der Waals surface area contributed by atoms with Gasteiger partial charge in [-0.25, -0.2) is 0 Å². The Morgan fingerprint density at radius 3 is 2.74 bits per heavy atom. The molecule has 0 atom stereocenters. The Balaban J connectivity index is 2.20. The minimum Gasteiger partial charge on any atom is -0.493 e. The predicted octanol–water partition coefficient (Wildman–Crippen LogP) is 4.54. The molecule has 96 valence electrons. The number of H-pyrrole nitrogens is 1. The monoisotopic (exact) mass is 251 g/mol. The molecule has 0 aliphatic rings. The van der Waals surface area contributed by atoms with Crippen LogP contribution in [0.1, 0.15) is 12.5 Å². The average molecular weight is 251 g/mol. The number of aromatic nitrogens is 1. The molecule has 1 N–H and O–H groups in total. The van der Waals surface area contributed by atoms with Gasteiger partial charge in [0, 0.05) is 17.3 Å². The number of aromatic amines is 1. The van der Waals surface area contributed by atoms with Crippen molar-refractivity contribution in [3.8, 4) is 16.9 Å². The highest BCUT2D eigenvalue weighted by atomic mass is 16.5. The minimum absolute atomic E-state index is 0.683. The number of nitrogens with one attached hydrogen (secondary N) is 1. The second kappa shape index (κ2) is 4.81. The Bertz CT molecular complexity index is 712. The molecular formula is C17H17NO. The minimum atomic E-state index is 0.683. The van der Waals surface area contributed by atoms with Gasteiger partial charge in [-0.1, -0.05) is 18.2 Å². The molecule has 19 heavy (non-hydrogen) atoms. The van der Waals surface area contributed by atoms with Crippen LogP contribution in [0.3, 0.4) is 0 Å². The van der Waals surface area contributed by atoms with E-state index in [2.05, 4.69) is 42.2 Å². The molecule has 0 aliphatic carbocycles. The van der Waals surface area contributed by atoms with Crippen LogP contribution in [-0.4, -0.2) is 11.6 Å². The largest absolute Gasteiger partial charge is 0.493 e. The molecule has 0 radical (unpaired) electrons. The van der Waals surface area contributed by atoms with Gasteiger partial charge in [0.1, 0.15) is 5.75 Å². The second-order valence-electron chi connectivity index (χ2n) is 4.66. The zero-order chi connectivity index (χ0) is 13.2. The van der Waals surface area contributed by atoms with Gasteiger partial charge >= 0.3 is 0 Å². The van der Waals surface area contributed by atoms with Crippen LogP contribution >= 0.6 is 0 Å². The van der Waals surface area contributed by atoms with Crippen molar-refractivity contribution in [2.24, 2.45) is 0 Å². The van der Waals surface area contributed by atoms with Crippen molar-refractivity contribution in [2.45, 2.75) is 13.8 Å². The topological polar surface area (TPSA) is 25.0 Å². The standard InChI is InChI=1S/C17H17NO/c1-3-19-17-7-5-4-6-14(17)15-11-13-8-9-18-16(13)10-12(15)2/h4-11,18H,3H2,1-2H3. The highest BCUT2D eigenvalue weighted by Crippen LogP contribution is 2.34. The van der Waals surface area contributed by atoms with Gasteiger partial charge in [0.05, 0.1) is 6.61 Å². The number of benzene rings is 2. The van der Waals surface area contributed by atoms with Gasteiger partial charge in [-0.2, -0.15) is 0 Å². The lowest BCUT2D eigenvalue weighted by Gasteiger charge is -2.12. The average Bonchev–Trinajstić information content (AvgIpc) is 2.86. The smallest absolute Gasteiger partial charge is 0.127 e. The van der Waals surface area contributed by atoms with E-state index in [1.54, 1.807) is 0 Å². The molecule has 2 nitrogen and oxygen atoms in total. The third-order valence-electron chi connectivity index (χ3n) is 3.38. The maximum Gasteiger partial charge on any atom is 0.127 e. The Morgan fingerprint density at radius 2 is 1.89 bits per heavy atom. The van der Waals surface area contributed by atoms with E-state index < -0.39 is 0 Å². The number of hydrogen-bond acceptors (Lipinski definition) is 1. The predicted molar refractivity (Wildman–Crippen MR) is 79.6 cm³/mol. The van der Waals surface area contributed by atoms with Crippen LogP contribution < -0.4 is 4.74 Å². The molecule has 0 fully saturated rings. The van der Waals surface area contributed by atoms with Gasteiger partial charge in [-0.15, -0.1) is 0 Å². The summed E-state index contributed by atoms with van der Waals surface area (Å²) in [6, 6.07) is 14.7. The van der Waals surface area contributed by atoms with E-state index in [0.29, 0.717) is 6.61 Å². The molecule has 0 unspecified atom stereocenters. The van der Waals surface area contributed by atoms with E-state index in [4.69, 9.17) is 4.74 Å². The Kier molecular flexibility index (Phi) is 3.00. The van der Waals surface area contributed by atoms with Gasteiger partial charge in [-0.05, 0) is 54.6 Å². The summed E-state index contributed by atoms with van der Waals surface area (Å²) in [6.45, 7) is 4.83. The quantitative estimate of drug-likeness (QED) is 0.726. The number of rotatable bonds is 3. The summed E-state index contributed by atoms with van der Waals surface area (Å²) >= 11 is 0. The first kappa shape index (κ1) is 11.8. The normalized spacial score (nSPS) is 10.8. The Hall–Kier alpha value is -2.22.